The molecule has 0 aliphatic rings. The van der Waals surface area contributed by atoms with E-state index in [1.807, 2.05) is 31.3 Å². The van der Waals surface area contributed by atoms with Crippen LogP contribution >= 0.6 is 23.1 Å². The fourth-order valence-electron chi connectivity index (χ4n) is 1.07. The van der Waals surface area contributed by atoms with Crippen LogP contribution in [0.3, 0.4) is 0 Å². The highest BCUT2D eigenvalue weighted by Crippen LogP contribution is 2.22. The molecule has 0 bridgehead atoms. The van der Waals surface area contributed by atoms with E-state index in [0.29, 0.717) is 10.8 Å². The van der Waals surface area contributed by atoms with Gasteiger partial charge >= 0.3 is 0 Å². The molecular formula is C9H8ClN3S. The van der Waals surface area contributed by atoms with Crippen molar-refractivity contribution in [3.63, 3.8) is 0 Å². The zero-order valence-electron chi connectivity index (χ0n) is 7.49. The number of nitrogens with one attached hydrogen (secondary N) is 1. The van der Waals surface area contributed by atoms with Gasteiger partial charge in [-0.1, -0.05) is 23.7 Å². The van der Waals surface area contributed by atoms with Crippen molar-refractivity contribution in [1.82, 2.24) is 9.36 Å². The summed E-state index contributed by atoms with van der Waals surface area (Å²) in [5.74, 6) is 0.710. The van der Waals surface area contributed by atoms with Crippen molar-refractivity contribution in [3.05, 3.63) is 29.3 Å². The van der Waals surface area contributed by atoms with Crippen LogP contribution in [0.15, 0.2) is 24.3 Å². The molecular weight excluding hydrogens is 218 g/mol. The van der Waals surface area contributed by atoms with Gasteiger partial charge in [0.2, 0.25) is 5.13 Å². The molecule has 0 amide bonds. The Bertz CT molecular complexity index is 441. The van der Waals surface area contributed by atoms with E-state index in [0.717, 1.165) is 10.7 Å². The summed E-state index contributed by atoms with van der Waals surface area (Å²) < 4.78 is 4.21. The summed E-state index contributed by atoms with van der Waals surface area (Å²) in [6.45, 7) is 0. The molecule has 0 unspecified atom stereocenters. The van der Waals surface area contributed by atoms with Crippen molar-refractivity contribution >= 4 is 28.3 Å². The van der Waals surface area contributed by atoms with Gasteiger partial charge in [0.25, 0.3) is 0 Å². The molecule has 72 valence electrons. The second-order valence-corrected chi connectivity index (χ2v) is 3.87. The van der Waals surface area contributed by atoms with Crippen LogP contribution in [-0.2, 0) is 0 Å². The minimum absolute atomic E-state index is 0.698. The molecule has 1 aromatic heterocycles. The second kappa shape index (κ2) is 3.94. The third-order valence-corrected chi connectivity index (χ3v) is 2.69. The molecule has 1 N–H and O–H groups in total. The highest BCUT2D eigenvalue weighted by atomic mass is 35.5. The van der Waals surface area contributed by atoms with Gasteiger partial charge in [0.1, 0.15) is 0 Å². The summed E-state index contributed by atoms with van der Waals surface area (Å²) in [6, 6.07) is 7.50. The number of anilines is 1. The Morgan fingerprint density at radius 2 is 2.29 bits per heavy atom. The lowest BCUT2D eigenvalue weighted by molar-refractivity contribution is 1.31. The van der Waals surface area contributed by atoms with Crippen LogP contribution in [0.2, 0.25) is 5.02 Å². The van der Waals surface area contributed by atoms with E-state index in [4.69, 9.17) is 11.6 Å². The van der Waals surface area contributed by atoms with Crippen LogP contribution in [0.25, 0.3) is 11.4 Å². The molecule has 0 saturated heterocycles. The molecule has 2 aromatic rings. The monoisotopic (exact) mass is 225 g/mol. The van der Waals surface area contributed by atoms with Crippen LogP contribution < -0.4 is 5.32 Å². The third kappa shape index (κ3) is 1.86. The van der Waals surface area contributed by atoms with Gasteiger partial charge < -0.3 is 5.32 Å². The first kappa shape index (κ1) is 9.43. The average Bonchev–Trinajstić information content (AvgIpc) is 2.66. The van der Waals surface area contributed by atoms with Gasteiger partial charge in [-0.25, -0.2) is 0 Å². The number of hydrogen-bond acceptors (Lipinski definition) is 4. The highest BCUT2D eigenvalue weighted by Gasteiger charge is 2.04. The Labute approximate surface area is 90.9 Å². The molecule has 0 fully saturated rings. The van der Waals surface area contributed by atoms with Crippen molar-refractivity contribution < 1.29 is 0 Å². The lowest BCUT2D eigenvalue weighted by atomic mass is 10.2. The first-order valence-corrected chi connectivity index (χ1v) is 5.22. The zero-order valence-corrected chi connectivity index (χ0v) is 9.06. The van der Waals surface area contributed by atoms with Crippen LogP contribution in [0.4, 0.5) is 5.13 Å². The molecule has 1 heterocycles. The summed E-state index contributed by atoms with van der Waals surface area (Å²) in [4.78, 5) is 4.28. The molecule has 0 radical (unpaired) electrons. The van der Waals surface area contributed by atoms with Crippen molar-refractivity contribution in [2.24, 2.45) is 0 Å². The minimum atomic E-state index is 0.698. The summed E-state index contributed by atoms with van der Waals surface area (Å²) >= 11 is 7.20. The number of halogens is 1. The van der Waals surface area contributed by atoms with E-state index in [2.05, 4.69) is 14.7 Å². The number of nitrogens with zero attached hydrogens (tertiary/aromatic N) is 2. The van der Waals surface area contributed by atoms with Crippen LogP contribution in [0.5, 0.6) is 0 Å². The Morgan fingerprint density at radius 3 is 2.93 bits per heavy atom. The fraction of sp³-hybridized carbons (Fsp3) is 0.111. The Hall–Kier alpha value is -1.13. The molecule has 0 saturated carbocycles. The smallest absolute Gasteiger partial charge is 0.202 e. The molecule has 14 heavy (non-hydrogen) atoms. The molecule has 0 spiro atoms. The molecule has 2 rings (SSSR count). The van der Waals surface area contributed by atoms with Crippen molar-refractivity contribution in [3.8, 4) is 11.4 Å². The standard InChI is InChI=1S/C9H8ClN3S/c1-11-9-12-8(13-14-9)6-3-2-4-7(10)5-6/h2-5H,1H3,(H,11,12,13). The normalized spacial score (nSPS) is 10.1. The molecule has 0 aliphatic carbocycles. The quantitative estimate of drug-likeness (QED) is 0.854. The number of hydrogen-bond donors (Lipinski definition) is 1. The fourth-order valence-corrected chi connectivity index (χ4v) is 1.80. The third-order valence-electron chi connectivity index (χ3n) is 1.72. The van der Waals surface area contributed by atoms with Gasteiger partial charge in [-0.05, 0) is 12.1 Å². The van der Waals surface area contributed by atoms with Gasteiger partial charge in [0, 0.05) is 29.2 Å². The number of rotatable bonds is 2. The number of aromatic nitrogens is 2. The Morgan fingerprint density at radius 1 is 1.43 bits per heavy atom. The minimum Gasteiger partial charge on any atom is -0.363 e. The Kier molecular flexibility index (Phi) is 2.65. The molecule has 0 atom stereocenters. The zero-order chi connectivity index (χ0) is 9.97. The van der Waals surface area contributed by atoms with Gasteiger partial charge in [-0.15, -0.1) is 0 Å². The van der Waals surface area contributed by atoms with Gasteiger partial charge in [-0.2, -0.15) is 9.36 Å². The topological polar surface area (TPSA) is 37.8 Å². The predicted molar refractivity (Wildman–Crippen MR) is 59.9 cm³/mol. The van der Waals surface area contributed by atoms with E-state index in [1.165, 1.54) is 11.5 Å². The van der Waals surface area contributed by atoms with Crippen molar-refractivity contribution in [2.45, 2.75) is 0 Å². The van der Waals surface area contributed by atoms with E-state index in [-0.39, 0.29) is 0 Å². The van der Waals surface area contributed by atoms with Crippen LogP contribution in [0.1, 0.15) is 0 Å². The second-order valence-electron chi connectivity index (χ2n) is 2.68. The summed E-state index contributed by atoms with van der Waals surface area (Å²) in [6.07, 6.45) is 0. The van der Waals surface area contributed by atoms with E-state index >= 15 is 0 Å². The SMILES string of the molecule is CNc1nc(-c2cccc(Cl)c2)ns1. The highest BCUT2D eigenvalue weighted by molar-refractivity contribution is 7.09. The number of benzene rings is 1. The van der Waals surface area contributed by atoms with Gasteiger partial charge in [0.15, 0.2) is 5.82 Å². The lowest BCUT2D eigenvalue weighted by Crippen LogP contribution is -1.86. The van der Waals surface area contributed by atoms with E-state index < -0.39 is 0 Å². The molecule has 5 heteroatoms. The van der Waals surface area contributed by atoms with Gasteiger partial charge in [-0.3, -0.25) is 0 Å². The molecule has 1 aromatic carbocycles. The maximum Gasteiger partial charge on any atom is 0.202 e. The van der Waals surface area contributed by atoms with Crippen molar-refractivity contribution in [2.75, 3.05) is 12.4 Å². The first-order chi connectivity index (χ1) is 6.79. The predicted octanol–water partition coefficient (Wildman–Crippen LogP) is 2.90. The lowest BCUT2D eigenvalue weighted by Gasteiger charge is -1.94. The van der Waals surface area contributed by atoms with Crippen LogP contribution in [-0.4, -0.2) is 16.4 Å². The summed E-state index contributed by atoms with van der Waals surface area (Å²) in [7, 11) is 1.82. The van der Waals surface area contributed by atoms with Crippen molar-refractivity contribution in [1.29, 1.82) is 0 Å². The maximum absolute atomic E-state index is 5.87. The maximum atomic E-state index is 5.87. The first-order valence-electron chi connectivity index (χ1n) is 4.07. The Balaban J connectivity index is 2.39. The summed E-state index contributed by atoms with van der Waals surface area (Å²) in [5, 5.41) is 4.45. The van der Waals surface area contributed by atoms with E-state index in [9.17, 15) is 0 Å². The summed E-state index contributed by atoms with van der Waals surface area (Å²) in [5.41, 5.74) is 0.940. The largest absolute Gasteiger partial charge is 0.363 e. The van der Waals surface area contributed by atoms with E-state index in [1.54, 1.807) is 0 Å². The molecule has 3 nitrogen and oxygen atoms in total. The van der Waals surface area contributed by atoms with Gasteiger partial charge in [0.05, 0.1) is 0 Å². The average molecular weight is 226 g/mol. The van der Waals surface area contributed by atoms with Crippen LogP contribution in [0, 0.1) is 0 Å². The molecule has 0 aliphatic heterocycles.